The molecular formula is C24H28N2O3. The van der Waals surface area contributed by atoms with Gasteiger partial charge in [0.15, 0.2) is 0 Å². The first-order valence-electron chi connectivity index (χ1n) is 11.0. The van der Waals surface area contributed by atoms with E-state index in [1.807, 2.05) is 4.90 Å². The Morgan fingerprint density at radius 2 is 1.69 bits per heavy atom. The van der Waals surface area contributed by atoms with Crippen molar-refractivity contribution in [1.29, 1.82) is 5.26 Å². The van der Waals surface area contributed by atoms with Crippen LogP contribution in [0.2, 0.25) is 0 Å². The number of carbonyl (C=O) groups excluding carboxylic acids is 2. The van der Waals surface area contributed by atoms with Crippen LogP contribution in [0.25, 0.3) is 0 Å². The molecule has 6 rings (SSSR count). The molecule has 1 atom stereocenters. The molecule has 0 N–H and O–H groups in total. The Morgan fingerprint density at radius 3 is 2.28 bits per heavy atom. The fourth-order valence-corrected chi connectivity index (χ4v) is 6.86. The quantitative estimate of drug-likeness (QED) is 0.731. The van der Waals surface area contributed by atoms with Gasteiger partial charge >= 0.3 is 5.97 Å². The first-order chi connectivity index (χ1) is 14.1. The zero-order valence-corrected chi connectivity index (χ0v) is 16.8. The second kappa shape index (κ2) is 7.16. The highest BCUT2D eigenvalue weighted by atomic mass is 16.5. The van der Waals surface area contributed by atoms with E-state index in [4.69, 9.17) is 10.00 Å². The zero-order valence-electron chi connectivity index (χ0n) is 16.8. The summed E-state index contributed by atoms with van der Waals surface area (Å²) < 4.78 is 5.57. The van der Waals surface area contributed by atoms with E-state index in [0.717, 1.165) is 49.0 Å². The number of hydrogen-bond acceptors (Lipinski definition) is 4. The number of nitrogens with zero attached hydrogens (tertiary/aromatic N) is 2. The Bertz CT molecular complexity index is 819. The summed E-state index contributed by atoms with van der Waals surface area (Å²) in [6.07, 6.45) is 8.58. The van der Waals surface area contributed by atoms with Gasteiger partial charge < -0.3 is 9.64 Å². The Balaban J connectivity index is 1.25. The first kappa shape index (κ1) is 18.7. The van der Waals surface area contributed by atoms with Crippen molar-refractivity contribution in [3.63, 3.8) is 0 Å². The van der Waals surface area contributed by atoms with Crippen molar-refractivity contribution >= 4 is 11.9 Å². The third kappa shape index (κ3) is 3.33. The van der Waals surface area contributed by atoms with Crippen molar-refractivity contribution < 1.29 is 14.3 Å². The molecule has 152 valence electrons. The lowest BCUT2D eigenvalue weighted by Crippen LogP contribution is -2.56. The second-order valence-electron chi connectivity index (χ2n) is 9.77. The molecule has 0 aromatic heterocycles. The van der Waals surface area contributed by atoms with Crippen molar-refractivity contribution in [2.75, 3.05) is 6.54 Å². The Labute approximate surface area is 172 Å². The van der Waals surface area contributed by atoms with Crippen LogP contribution in [0.4, 0.5) is 0 Å². The topological polar surface area (TPSA) is 70.4 Å². The molecule has 1 saturated heterocycles. The normalized spacial score (nSPS) is 34.8. The lowest BCUT2D eigenvalue weighted by atomic mass is 9.49. The van der Waals surface area contributed by atoms with E-state index in [0.29, 0.717) is 18.5 Å². The molecule has 4 aliphatic carbocycles. The molecule has 0 spiro atoms. The smallest absolute Gasteiger partial charge is 0.329 e. The number of hydrogen-bond donors (Lipinski definition) is 0. The number of esters is 1. The van der Waals surface area contributed by atoms with E-state index < -0.39 is 6.04 Å². The van der Waals surface area contributed by atoms with E-state index in [1.165, 1.54) is 19.3 Å². The lowest BCUT2D eigenvalue weighted by Gasteiger charge is -2.56. The monoisotopic (exact) mass is 392 g/mol. The van der Waals surface area contributed by atoms with Gasteiger partial charge in [0.05, 0.1) is 17.0 Å². The van der Waals surface area contributed by atoms with Crippen LogP contribution in [-0.2, 0) is 20.9 Å². The largest absolute Gasteiger partial charge is 0.459 e. The van der Waals surface area contributed by atoms with Gasteiger partial charge in [-0.15, -0.1) is 0 Å². The number of likely N-dealkylation sites (tertiary alicyclic amines) is 1. The lowest BCUT2D eigenvalue weighted by molar-refractivity contribution is -0.166. The molecule has 1 aromatic carbocycles. The molecule has 5 heteroatoms. The molecular weight excluding hydrogens is 364 g/mol. The summed E-state index contributed by atoms with van der Waals surface area (Å²) in [4.78, 5) is 28.3. The van der Waals surface area contributed by atoms with Gasteiger partial charge in [-0.2, -0.15) is 5.26 Å². The van der Waals surface area contributed by atoms with Gasteiger partial charge in [-0.25, -0.2) is 4.79 Å². The summed E-state index contributed by atoms with van der Waals surface area (Å²) in [5, 5.41) is 8.89. The van der Waals surface area contributed by atoms with E-state index >= 15 is 0 Å². The summed E-state index contributed by atoms with van der Waals surface area (Å²) >= 11 is 0. The number of ether oxygens (including phenoxy) is 1. The number of benzene rings is 1. The van der Waals surface area contributed by atoms with Crippen molar-refractivity contribution in [2.24, 2.45) is 23.2 Å². The molecule has 5 fully saturated rings. The van der Waals surface area contributed by atoms with Crippen LogP contribution < -0.4 is 0 Å². The van der Waals surface area contributed by atoms with Crippen LogP contribution in [0.3, 0.4) is 0 Å². The third-order valence-electron chi connectivity index (χ3n) is 7.74. The molecule has 1 heterocycles. The average molecular weight is 392 g/mol. The summed E-state index contributed by atoms with van der Waals surface area (Å²) in [5.41, 5.74) is 1.24. The average Bonchev–Trinajstić information content (AvgIpc) is 3.20. The minimum atomic E-state index is -0.436. The van der Waals surface area contributed by atoms with E-state index in [1.54, 1.807) is 24.3 Å². The summed E-state index contributed by atoms with van der Waals surface area (Å²) in [6.45, 7) is 0.859. The highest BCUT2D eigenvalue weighted by molar-refractivity contribution is 5.89. The van der Waals surface area contributed by atoms with Crippen molar-refractivity contribution in [1.82, 2.24) is 4.90 Å². The second-order valence-corrected chi connectivity index (χ2v) is 9.77. The fraction of sp³-hybridized carbons (Fsp3) is 0.625. The van der Waals surface area contributed by atoms with Gasteiger partial charge in [-0.3, -0.25) is 4.79 Å². The molecule has 4 bridgehead atoms. The molecule has 4 saturated carbocycles. The van der Waals surface area contributed by atoms with Crippen LogP contribution in [0.5, 0.6) is 0 Å². The molecule has 1 aromatic rings. The predicted molar refractivity (Wildman–Crippen MR) is 106 cm³/mol. The van der Waals surface area contributed by atoms with E-state index in [9.17, 15) is 9.59 Å². The highest BCUT2D eigenvalue weighted by Crippen LogP contribution is 2.60. The van der Waals surface area contributed by atoms with Gasteiger partial charge in [0.2, 0.25) is 5.91 Å². The molecule has 5 nitrogen and oxygen atoms in total. The molecule has 0 unspecified atom stereocenters. The minimum absolute atomic E-state index is 0.181. The Kier molecular flexibility index (Phi) is 4.61. The third-order valence-corrected chi connectivity index (χ3v) is 7.74. The maximum atomic E-state index is 13.6. The van der Waals surface area contributed by atoms with Crippen LogP contribution in [0.1, 0.15) is 62.5 Å². The summed E-state index contributed by atoms with van der Waals surface area (Å²) in [5.74, 6) is 2.10. The molecule has 29 heavy (non-hydrogen) atoms. The van der Waals surface area contributed by atoms with Gasteiger partial charge in [0, 0.05) is 6.54 Å². The Morgan fingerprint density at radius 1 is 1.07 bits per heavy atom. The van der Waals surface area contributed by atoms with Gasteiger partial charge in [-0.1, -0.05) is 12.1 Å². The molecule has 1 aliphatic heterocycles. The van der Waals surface area contributed by atoms with Crippen molar-refractivity contribution in [3.8, 4) is 6.07 Å². The van der Waals surface area contributed by atoms with Gasteiger partial charge in [0.25, 0.3) is 0 Å². The summed E-state index contributed by atoms with van der Waals surface area (Å²) in [7, 11) is 0. The summed E-state index contributed by atoms with van der Waals surface area (Å²) in [6, 6.07) is 8.70. The maximum absolute atomic E-state index is 13.6. The fourth-order valence-electron chi connectivity index (χ4n) is 6.86. The molecule has 5 aliphatic rings. The Hall–Kier alpha value is -2.35. The van der Waals surface area contributed by atoms with Crippen LogP contribution in [0.15, 0.2) is 24.3 Å². The van der Waals surface area contributed by atoms with Gasteiger partial charge in [-0.05, 0) is 86.8 Å². The standard InChI is InChI=1S/C24H28N2O3/c25-14-16-3-5-17(6-4-16)15-29-22(27)21-2-1-7-26(21)23(28)24-11-18-8-19(12-24)10-20(9-18)13-24/h3-6,18-21H,1-2,7-13,15H2/t18?,19?,20?,21-,24?/m0/s1. The molecule has 1 amide bonds. The number of nitriles is 1. The van der Waals surface area contributed by atoms with E-state index in [-0.39, 0.29) is 23.9 Å². The highest BCUT2D eigenvalue weighted by Gasteiger charge is 2.56. The number of amides is 1. The first-order valence-corrected chi connectivity index (χ1v) is 11.0. The van der Waals surface area contributed by atoms with Crippen molar-refractivity contribution in [2.45, 2.75) is 64.0 Å². The minimum Gasteiger partial charge on any atom is -0.459 e. The van der Waals surface area contributed by atoms with Crippen LogP contribution >= 0.6 is 0 Å². The maximum Gasteiger partial charge on any atom is 0.329 e. The SMILES string of the molecule is N#Cc1ccc(COC(=O)[C@@H]2CCCN2C(=O)C23CC4CC(CC(C4)C2)C3)cc1. The van der Waals surface area contributed by atoms with E-state index in [2.05, 4.69) is 6.07 Å². The number of carbonyl (C=O) groups is 2. The number of rotatable bonds is 4. The van der Waals surface area contributed by atoms with Crippen molar-refractivity contribution in [3.05, 3.63) is 35.4 Å². The molecule has 0 radical (unpaired) electrons. The predicted octanol–water partition coefficient (Wildman–Crippen LogP) is 3.81. The van der Waals surface area contributed by atoms with Crippen LogP contribution in [-0.4, -0.2) is 29.4 Å². The zero-order chi connectivity index (χ0) is 20.0. The van der Waals surface area contributed by atoms with Gasteiger partial charge in [0.1, 0.15) is 12.6 Å². The van der Waals surface area contributed by atoms with Crippen LogP contribution in [0, 0.1) is 34.5 Å².